The summed E-state index contributed by atoms with van der Waals surface area (Å²) in [7, 11) is 0. The molecule has 1 N–H and O–H groups in total. The minimum absolute atomic E-state index is 0.0405. The van der Waals surface area contributed by atoms with Crippen LogP contribution in [0.1, 0.15) is 19.3 Å². The highest BCUT2D eigenvalue weighted by atomic mass is 35.5. The van der Waals surface area contributed by atoms with Crippen molar-refractivity contribution in [2.75, 3.05) is 11.4 Å². The van der Waals surface area contributed by atoms with Crippen molar-refractivity contribution in [3.8, 4) is 0 Å². The Kier molecular flexibility index (Phi) is 3.49. The lowest BCUT2D eigenvalue weighted by atomic mass is 9.94. The molecule has 3 atom stereocenters. The lowest BCUT2D eigenvalue weighted by Crippen LogP contribution is -2.40. The van der Waals surface area contributed by atoms with Crippen molar-refractivity contribution >= 4 is 28.9 Å². The molecule has 0 amide bonds. The zero-order chi connectivity index (χ0) is 15.1. The van der Waals surface area contributed by atoms with Crippen LogP contribution in [-0.2, 0) is 4.79 Å². The Bertz CT molecular complexity index is 607. The molecule has 0 aromatic heterocycles. The third-order valence-electron chi connectivity index (χ3n) is 4.60. The van der Waals surface area contributed by atoms with E-state index in [9.17, 15) is 20.0 Å². The van der Waals surface area contributed by atoms with Gasteiger partial charge in [0, 0.05) is 6.54 Å². The van der Waals surface area contributed by atoms with Gasteiger partial charge < -0.3 is 10.0 Å². The maximum atomic E-state index is 11.6. The molecule has 1 aromatic carbocycles. The van der Waals surface area contributed by atoms with E-state index in [4.69, 9.17) is 11.6 Å². The molecule has 3 unspecified atom stereocenters. The summed E-state index contributed by atoms with van der Waals surface area (Å²) in [5.41, 5.74) is 0.111. The number of carboxylic acids is 1. The Morgan fingerprint density at radius 2 is 2.19 bits per heavy atom. The molecule has 0 bridgehead atoms. The Morgan fingerprint density at radius 3 is 2.86 bits per heavy atom. The van der Waals surface area contributed by atoms with Gasteiger partial charge in [-0.25, -0.2) is 4.79 Å². The molecular formula is C14H15ClN2O4. The van der Waals surface area contributed by atoms with Gasteiger partial charge in [-0.05, 0) is 36.8 Å². The molecule has 2 aliphatic rings. The third kappa shape index (κ3) is 2.23. The first-order valence-corrected chi connectivity index (χ1v) is 7.31. The summed E-state index contributed by atoms with van der Waals surface area (Å²) in [5.74, 6) is -0.551. The SMILES string of the molecule is O=C(O)C1C2CCCC2CN1c1cccc(Cl)c1[N+](=O)[O-]. The van der Waals surface area contributed by atoms with Gasteiger partial charge in [0.05, 0.1) is 4.92 Å². The molecule has 21 heavy (non-hydrogen) atoms. The maximum Gasteiger partial charge on any atom is 0.326 e. The number of carboxylic acid groups (broad SMARTS) is 1. The number of nitrogens with zero attached hydrogens (tertiary/aromatic N) is 2. The van der Waals surface area contributed by atoms with E-state index >= 15 is 0 Å². The molecule has 1 aliphatic carbocycles. The highest BCUT2D eigenvalue weighted by Crippen LogP contribution is 2.47. The summed E-state index contributed by atoms with van der Waals surface area (Å²) in [6, 6.07) is 3.96. The zero-order valence-corrected chi connectivity index (χ0v) is 12.0. The summed E-state index contributed by atoms with van der Waals surface area (Å²) in [6.45, 7) is 0.544. The van der Waals surface area contributed by atoms with Crippen LogP contribution in [0.3, 0.4) is 0 Å². The molecule has 1 aliphatic heterocycles. The number of benzene rings is 1. The van der Waals surface area contributed by atoms with Crippen molar-refractivity contribution in [3.05, 3.63) is 33.3 Å². The molecular weight excluding hydrogens is 296 g/mol. The van der Waals surface area contributed by atoms with Crippen LogP contribution in [0.5, 0.6) is 0 Å². The molecule has 6 nitrogen and oxygen atoms in total. The van der Waals surface area contributed by atoms with Crippen LogP contribution in [-0.4, -0.2) is 28.6 Å². The smallest absolute Gasteiger partial charge is 0.326 e. The number of rotatable bonds is 3. The molecule has 1 aromatic rings. The lowest BCUT2D eigenvalue weighted by Gasteiger charge is -2.26. The number of aliphatic carboxylic acids is 1. The molecule has 7 heteroatoms. The largest absolute Gasteiger partial charge is 0.480 e. The van der Waals surface area contributed by atoms with Crippen LogP contribution in [0, 0.1) is 22.0 Å². The maximum absolute atomic E-state index is 11.6. The van der Waals surface area contributed by atoms with E-state index in [-0.39, 0.29) is 16.6 Å². The molecule has 1 heterocycles. The van der Waals surface area contributed by atoms with Gasteiger partial charge in [0.2, 0.25) is 0 Å². The molecule has 112 valence electrons. The van der Waals surface area contributed by atoms with Crippen molar-refractivity contribution < 1.29 is 14.8 Å². The first-order chi connectivity index (χ1) is 10.0. The molecule has 1 saturated heterocycles. The highest BCUT2D eigenvalue weighted by molar-refractivity contribution is 6.33. The van der Waals surface area contributed by atoms with Crippen LogP contribution in [0.15, 0.2) is 18.2 Å². The Hall–Kier alpha value is -1.82. The van der Waals surface area contributed by atoms with Gasteiger partial charge in [-0.2, -0.15) is 0 Å². The van der Waals surface area contributed by atoms with E-state index in [1.54, 1.807) is 17.0 Å². The summed E-state index contributed by atoms with van der Waals surface area (Å²) in [4.78, 5) is 24.0. The number of halogens is 1. The van der Waals surface area contributed by atoms with Gasteiger partial charge in [-0.1, -0.05) is 24.1 Å². The molecule has 1 saturated carbocycles. The van der Waals surface area contributed by atoms with Crippen LogP contribution in [0.4, 0.5) is 11.4 Å². The Balaban J connectivity index is 2.06. The number of hydrogen-bond donors (Lipinski definition) is 1. The van der Waals surface area contributed by atoms with Crippen LogP contribution in [0.2, 0.25) is 5.02 Å². The number of hydrogen-bond acceptors (Lipinski definition) is 4. The van der Waals surface area contributed by atoms with Gasteiger partial charge >= 0.3 is 11.7 Å². The minimum atomic E-state index is -0.918. The molecule has 0 radical (unpaired) electrons. The molecule has 0 spiro atoms. The van der Waals surface area contributed by atoms with Crippen LogP contribution >= 0.6 is 11.6 Å². The van der Waals surface area contributed by atoms with E-state index in [0.717, 1.165) is 19.3 Å². The second kappa shape index (κ2) is 5.18. The monoisotopic (exact) mass is 310 g/mol. The van der Waals surface area contributed by atoms with E-state index in [1.807, 2.05) is 0 Å². The Morgan fingerprint density at radius 1 is 1.43 bits per heavy atom. The van der Waals surface area contributed by atoms with Gasteiger partial charge in [0.25, 0.3) is 0 Å². The second-order valence-corrected chi connectivity index (χ2v) is 6.06. The third-order valence-corrected chi connectivity index (χ3v) is 4.91. The summed E-state index contributed by atoms with van der Waals surface area (Å²) >= 11 is 5.93. The number of nitro groups is 1. The highest BCUT2D eigenvalue weighted by Gasteiger charge is 2.49. The van der Waals surface area contributed by atoms with Gasteiger partial charge in [-0.3, -0.25) is 10.1 Å². The lowest BCUT2D eigenvalue weighted by molar-refractivity contribution is -0.384. The van der Waals surface area contributed by atoms with E-state index in [2.05, 4.69) is 0 Å². The molecule has 2 fully saturated rings. The number of fused-ring (bicyclic) bond motifs is 1. The van der Waals surface area contributed by atoms with Crippen molar-refractivity contribution in [1.29, 1.82) is 0 Å². The fourth-order valence-electron chi connectivity index (χ4n) is 3.79. The van der Waals surface area contributed by atoms with Gasteiger partial charge in [0.15, 0.2) is 0 Å². The summed E-state index contributed by atoms with van der Waals surface area (Å²) in [5, 5.41) is 20.9. The Labute approximate surface area is 126 Å². The van der Waals surface area contributed by atoms with Crippen molar-refractivity contribution in [1.82, 2.24) is 0 Å². The van der Waals surface area contributed by atoms with E-state index in [0.29, 0.717) is 18.2 Å². The van der Waals surface area contributed by atoms with Crippen LogP contribution in [0.25, 0.3) is 0 Å². The average Bonchev–Trinajstić information content (AvgIpc) is 2.96. The van der Waals surface area contributed by atoms with Crippen molar-refractivity contribution in [2.24, 2.45) is 11.8 Å². The number of nitro benzene ring substituents is 1. The second-order valence-electron chi connectivity index (χ2n) is 5.65. The summed E-state index contributed by atoms with van der Waals surface area (Å²) < 4.78 is 0. The first kappa shape index (κ1) is 14.1. The van der Waals surface area contributed by atoms with Gasteiger partial charge in [-0.15, -0.1) is 0 Å². The fraction of sp³-hybridized carbons (Fsp3) is 0.500. The number of anilines is 1. The first-order valence-electron chi connectivity index (χ1n) is 6.93. The zero-order valence-electron chi connectivity index (χ0n) is 11.2. The quantitative estimate of drug-likeness (QED) is 0.685. The number of carbonyl (C=O) groups is 1. The number of para-hydroxylation sites is 1. The fourth-order valence-corrected chi connectivity index (χ4v) is 4.02. The van der Waals surface area contributed by atoms with Crippen LogP contribution < -0.4 is 4.90 Å². The minimum Gasteiger partial charge on any atom is -0.480 e. The van der Waals surface area contributed by atoms with Crippen molar-refractivity contribution in [2.45, 2.75) is 25.3 Å². The normalized spacial score (nSPS) is 27.7. The molecule has 3 rings (SSSR count). The predicted molar refractivity (Wildman–Crippen MR) is 77.7 cm³/mol. The predicted octanol–water partition coefficient (Wildman–Crippen LogP) is 2.94. The van der Waals surface area contributed by atoms with Gasteiger partial charge in [0.1, 0.15) is 16.8 Å². The van der Waals surface area contributed by atoms with E-state index < -0.39 is 16.9 Å². The summed E-state index contributed by atoms with van der Waals surface area (Å²) in [6.07, 6.45) is 2.89. The average molecular weight is 311 g/mol. The topological polar surface area (TPSA) is 83.7 Å². The van der Waals surface area contributed by atoms with Crippen molar-refractivity contribution in [3.63, 3.8) is 0 Å². The van der Waals surface area contributed by atoms with E-state index in [1.165, 1.54) is 6.07 Å². The standard InChI is InChI=1S/C14H15ClN2O4/c15-10-5-2-6-11(13(10)17(20)21)16-7-8-3-1-4-9(8)12(16)14(18)19/h2,5-6,8-9,12H,1,3-4,7H2,(H,18,19).